The summed E-state index contributed by atoms with van der Waals surface area (Å²) in [6.07, 6.45) is 1.61. The van der Waals surface area contributed by atoms with Crippen LogP contribution in [-0.4, -0.2) is 53.5 Å². The van der Waals surface area contributed by atoms with Crippen molar-refractivity contribution in [2.45, 2.75) is 13.5 Å². The van der Waals surface area contributed by atoms with Crippen LogP contribution in [0.3, 0.4) is 0 Å². The molecule has 0 radical (unpaired) electrons. The molecule has 2 aromatic heterocycles. The summed E-state index contributed by atoms with van der Waals surface area (Å²) in [5.74, 6) is -0.0822. The monoisotopic (exact) mass is 383 g/mol. The van der Waals surface area contributed by atoms with Gasteiger partial charge in [0, 0.05) is 32.4 Å². The van der Waals surface area contributed by atoms with E-state index in [1.807, 2.05) is 7.05 Å². The van der Waals surface area contributed by atoms with Crippen LogP contribution in [0.15, 0.2) is 45.7 Å². The van der Waals surface area contributed by atoms with Crippen molar-refractivity contribution < 1.29 is 13.6 Å². The lowest BCUT2D eigenvalue weighted by Crippen LogP contribution is -2.47. The molecule has 28 heavy (non-hydrogen) atoms. The van der Waals surface area contributed by atoms with E-state index in [4.69, 9.17) is 4.42 Å². The number of rotatable bonds is 3. The van der Waals surface area contributed by atoms with Crippen LogP contribution in [0.1, 0.15) is 21.7 Å². The second-order valence-corrected chi connectivity index (χ2v) is 7.25. The van der Waals surface area contributed by atoms with Crippen molar-refractivity contribution in [2.75, 3.05) is 33.2 Å². The van der Waals surface area contributed by atoms with Gasteiger partial charge in [-0.2, -0.15) is 0 Å². The van der Waals surface area contributed by atoms with Crippen molar-refractivity contribution in [1.29, 1.82) is 0 Å². The number of nitrogens with zero attached hydrogens (tertiary/aromatic N) is 3. The Morgan fingerprint density at radius 3 is 2.64 bits per heavy atom. The van der Waals surface area contributed by atoms with Crippen molar-refractivity contribution in [3.63, 3.8) is 0 Å². The smallest absolute Gasteiger partial charge is 0.262 e. The summed E-state index contributed by atoms with van der Waals surface area (Å²) in [5.41, 5.74) is 1.10. The lowest BCUT2D eigenvalue weighted by Gasteiger charge is -2.32. The maximum absolute atomic E-state index is 13.5. The number of carbonyl (C=O) groups excluding carboxylic acids is 1. The van der Waals surface area contributed by atoms with E-state index in [-0.39, 0.29) is 23.8 Å². The van der Waals surface area contributed by atoms with Gasteiger partial charge in [-0.05, 0) is 37.7 Å². The Morgan fingerprint density at radius 2 is 1.93 bits per heavy atom. The average Bonchev–Trinajstić information content (AvgIpc) is 3.01. The van der Waals surface area contributed by atoms with Crippen LogP contribution < -0.4 is 5.56 Å². The van der Waals surface area contributed by atoms with Crippen molar-refractivity contribution in [3.05, 3.63) is 69.6 Å². The molecule has 0 aliphatic carbocycles. The molecule has 0 unspecified atom stereocenters. The Kier molecular flexibility index (Phi) is 4.77. The van der Waals surface area contributed by atoms with E-state index in [0.717, 1.165) is 13.1 Å². The predicted molar refractivity (Wildman–Crippen MR) is 104 cm³/mol. The van der Waals surface area contributed by atoms with E-state index in [2.05, 4.69) is 4.90 Å². The second-order valence-electron chi connectivity index (χ2n) is 7.25. The summed E-state index contributed by atoms with van der Waals surface area (Å²) >= 11 is 0. The van der Waals surface area contributed by atoms with E-state index in [1.54, 1.807) is 36.2 Å². The summed E-state index contributed by atoms with van der Waals surface area (Å²) in [6.45, 7) is 4.75. The number of hydrogen-bond donors (Lipinski definition) is 0. The summed E-state index contributed by atoms with van der Waals surface area (Å²) in [4.78, 5) is 30.2. The van der Waals surface area contributed by atoms with Gasteiger partial charge in [-0.3, -0.25) is 9.59 Å². The molecule has 0 bridgehead atoms. The van der Waals surface area contributed by atoms with E-state index >= 15 is 0 Å². The Morgan fingerprint density at radius 1 is 1.18 bits per heavy atom. The molecule has 1 amide bonds. The molecule has 0 N–H and O–H groups in total. The SMILES string of the molecule is Cc1oc2ccn(Cc3cccc(F)c3)c(=O)c2c1C(=O)N1CCN(C)CC1. The number of carbonyl (C=O) groups is 1. The molecule has 6 nitrogen and oxygen atoms in total. The number of piperazine rings is 1. The Hall–Kier alpha value is -2.93. The highest BCUT2D eigenvalue weighted by Gasteiger charge is 2.27. The maximum atomic E-state index is 13.5. The summed E-state index contributed by atoms with van der Waals surface area (Å²) in [7, 11) is 2.02. The molecule has 1 fully saturated rings. The summed E-state index contributed by atoms with van der Waals surface area (Å²) in [6, 6.07) is 7.81. The highest BCUT2D eigenvalue weighted by atomic mass is 19.1. The molecule has 1 aromatic carbocycles. The molecule has 0 saturated carbocycles. The van der Waals surface area contributed by atoms with E-state index < -0.39 is 0 Å². The fraction of sp³-hybridized carbons (Fsp3) is 0.333. The van der Waals surface area contributed by atoms with Crippen LogP contribution >= 0.6 is 0 Å². The molecule has 146 valence electrons. The third kappa shape index (κ3) is 3.33. The number of aryl methyl sites for hydroxylation is 1. The topological polar surface area (TPSA) is 58.7 Å². The first kappa shape index (κ1) is 18.4. The largest absolute Gasteiger partial charge is 0.460 e. The van der Waals surface area contributed by atoms with Crippen molar-refractivity contribution in [2.24, 2.45) is 0 Å². The highest BCUT2D eigenvalue weighted by molar-refractivity contribution is 6.06. The number of benzene rings is 1. The number of pyridine rings is 1. The third-order valence-corrected chi connectivity index (χ3v) is 5.24. The van der Waals surface area contributed by atoms with Gasteiger partial charge in [-0.1, -0.05) is 12.1 Å². The van der Waals surface area contributed by atoms with Crippen molar-refractivity contribution >= 4 is 16.9 Å². The zero-order valence-corrected chi connectivity index (χ0v) is 15.9. The van der Waals surface area contributed by atoms with Crippen LogP contribution in [0.2, 0.25) is 0 Å². The molecular weight excluding hydrogens is 361 g/mol. The second kappa shape index (κ2) is 7.24. The first-order valence-corrected chi connectivity index (χ1v) is 9.29. The van der Waals surface area contributed by atoms with Gasteiger partial charge in [0.25, 0.3) is 11.5 Å². The first-order valence-electron chi connectivity index (χ1n) is 9.29. The van der Waals surface area contributed by atoms with Crippen LogP contribution in [0, 0.1) is 12.7 Å². The van der Waals surface area contributed by atoms with E-state index in [9.17, 15) is 14.0 Å². The molecule has 3 heterocycles. The minimum Gasteiger partial charge on any atom is -0.460 e. The number of fused-ring (bicyclic) bond motifs is 1. The normalized spacial score (nSPS) is 15.3. The number of furan rings is 1. The number of likely N-dealkylation sites (N-methyl/N-ethyl adjacent to an activating group) is 1. The van der Waals surface area contributed by atoms with Crippen molar-refractivity contribution in [1.82, 2.24) is 14.4 Å². The van der Waals surface area contributed by atoms with Crippen LogP contribution in [0.25, 0.3) is 11.0 Å². The van der Waals surface area contributed by atoms with Gasteiger partial charge in [0.2, 0.25) is 0 Å². The third-order valence-electron chi connectivity index (χ3n) is 5.24. The molecule has 3 aromatic rings. The van der Waals surface area contributed by atoms with Crippen LogP contribution in [-0.2, 0) is 6.54 Å². The molecule has 1 saturated heterocycles. The van der Waals surface area contributed by atoms with Gasteiger partial charge in [0.05, 0.1) is 17.5 Å². The minimum absolute atomic E-state index is 0.176. The fourth-order valence-corrected chi connectivity index (χ4v) is 3.65. The average molecular weight is 383 g/mol. The van der Waals surface area contributed by atoms with Gasteiger partial charge in [0.1, 0.15) is 17.2 Å². The van der Waals surface area contributed by atoms with E-state index in [0.29, 0.717) is 40.9 Å². The molecule has 0 atom stereocenters. The zero-order valence-electron chi connectivity index (χ0n) is 15.9. The molecule has 7 heteroatoms. The standard InChI is InChI=1S/C21H22FN3O3/c1-14-18(20(26)24-10-8-23(2)9-11-24)19-17(28-14)6-7-25(21(19)27)13-15-4-3-5-16(22)12-15/h3-7,12H,8-11,13H2,1-2H3. The van der Waals surface area contributed by atoms with Crippen molar-refractivity contribution in [3.8, 4) is 0 Å². The molecular formula is C21H22FN3O3. The van der Waals surface area contributed by atoms with Crippen LogP contribution in [0.4, 0.5) is 4.39 Å². The zero-order chi connectivity index (χ0) is 19.8. The number of hydrogen-bond acceptors (Lipinski definition) is 4. The van der Waals surface area contributed by atoms with Gasteiger partial charge in [0.15, 0.2) is 0 Å². The number of aromatic nitrogens is 1. The summed E-state index contributed by atoms with van der Waals surface area (Å²) < 4.78 is 20.7. The molecule has 1 aliphatic heterocycles. The minimum atomic E-state index is -0.350. The summed E-state index contributed by atoms with van der Waals surface area (Å²) in [5, 5.41) is 0.292. The van der Waals surface area contributed by atoms with Gasteiger partial charge >= 0.3 is 0 Å². The number of halogens is 1. The lowest BCUT2D eigenvalue weighted by atomic mass is 10.1. The van der Waals surface area contributed by atoms with Crippen LogP contribution in [0.5, 0.6) is 0 Å². The molecule has 1 aliphatic rings. The Balaban J connectivity index is 1.74. The number of amides is 1. The maximum Gasteiger partial charge on any atom is 0.262 e. The van der Waals surface area contributed by atoms with Gasteiger partial charge < -0.3 is 18.8 Å². The quantitative estimate of drug-likeness (QED) is 0.697. The van der Waals surface area contributed by atoms with Gasteiger partial charge in [-0.25, -0.2) is 4.39 Å². The first-order chi connectivity index (χ1) is 13.4. The van der Waals surface area contributed by atoms with E-state index in [1.165, 1.54) is 16.7 Å². The predicted octanol–water partition coefficient (Wildman–Crippen LogP) is 2.48. The molecule has 4 rings (SSSR count). The molecule has 0 spiro atoms. The lowest BCUT2D eigenvalue weighted by molar-refractivity contribution is 0.0664. The Bertz CT molecular complexity index is 1090. The fourth-order valence-electron chi connectivity index (χ4n) is 3.65. The highest BCUT2D eigenvalue weighted by Crippen LogP contribution is 2.24. The Labute approximate surface area is 161 Å². The van der Waals surface area contributed by atoms with Gasteiger partial charge in [-0.15, -0.1) is 0 Å².